The highest BCUT2D eigenvalue weighted by Crippen LogP contribution is 2.21. The largest absolute Gasteiger partial charge is 0.497 e. The van der Waals surface area contributed by atoms with Gasteiger partial charge >= 0.3 is 0 Å². The summed E-state index contributed by atoms with van der Waals surface area (Å²) in [5, 5.41) is 3.10. The molecule has 0 aliphatic rings. The number of ether oxygens (including phenoxy) is 1. The Hall–Kier alpha value is -2.77. The highest BCUT2D eigenvalue weighted by molar-refractivity contribution is 9.10. The van der Waals surface area contributed by atoms with E-state index in [2.05, 4.69) is 21.2 Å². The lowest BCUT2D eigenvalue weighted by Gasteiger charge is -2.34. The molecule has 1 atom stereocenters. The average molecular weight is 584 g/mol. The number of hydrogen-bond acceptors (Lipinski definition) is 4. The molecule has 0 saturated carbocycles. The molecule has 3 aromatic carbocycles. The Morgan fingerprint density at radius 1 is 0.946 bits per heavy atom. The van der Waals surface area contributed by atoms with Crippen LogP contribution in [0.3, 0.4) is 0 Å². The number of amides is 2. The number of carbonyl (C=O) groups is 2. The van der Waals surface area contributed by atoms with Crippen LogP contribution in [0.25, 0.3) is 0 Å². The van der Waals surface area contributed by atoms with E-state index in [1.807, 2.05) is 99.6 Å². The zero-order valence-electron chi connectivity index (χ0n) is 21.9. The number of carbonyl (C=O) groups excluding carboxylic acids is 2. The van der Waals surface area contributed by atoms with E-state index in [0.717, 1.165) is 21.2 Å². The summed E-state index contributed by atoms with van der Waals surface area (Å²) in [4.78, 5) is 29.1. The van der Waals surface area contributed by atoms with Crippen LogP contribution < -0.4 is 10.1 Å². The molecule has 0 aliphatic heterocycles. The first-order valence-electron chi connectivity index (χ1n) is 12.2. The molecule has 196 valence electrons. The Kier molecular flexibility index (Phi) is 10.6. The number of thioether (sulfide) groups is 1. The lowest BCUT2D eigenvalue weighted by molar-refractivity contribution is -0.140. The van der Waals surface area contributed by atoms with Gasteiger partial charge in [-0.25, -0.2) is 0 Å². The molecule has 3 rings (SSSR count). The third-order valence-electron chi connectivity index (χ3n) is 5.66. The smallest absolute Gasteiger partial charge is 0.243 e. The standard InChI is InChI=1S/C30H35BrN2O3S/c1-30(2,3)32-29(35)27(18-22-9-6-5-7-10-22)33(19-24-11-8-12-26(17-24)36-4)28(34)21-37-20-23-13-15-25(31)16-14-23/h5-17,27H,18-21H2,1-4H3,(H,32,35). The van der Waals surface area contributed by atoms with Gasteiger partial charge in [-0.2, -0.15) is 0 Å². The van der Waals surface area contributed by atoms with Crippen molar-refractivity contribution in [1.82, 2.24) is 10.2 Å². The van der Waals surface area contributed by atoms with E-state index < -0.39 is 11.6 Å². The third-order valence-corrected chi connectivity index (χ3v) is 7.18. The molecule has 0 saturated heterocycles. The molecule has 5 nitrogen and oxygen atoms in total. The van der Waals surface area contributed by atoms with E-state index >= 15 is 0 Å². The van der Waals surface area contributed by atoms with Crippen molar-refractivity contribution in [2.24, 2.45) is 0 Å². The van der Waals surface area contributed by atoms with E-state index in [1.54, 1.807) is 23.8 Å². The molecule has 0 radical (unpaired) electrons. The van der Waals surface area contributed by atoms with Crippen LogP contribution in [-0.4, -0.2) is 41.2 Å². The first-order valence-corrected chi connectivity index (χ1v) is 14.2. The van der Waals surface area contributed by atoms with Crippen molar-refractivity contribution in [2.45, 2.75) is 51.1 Å². The Morgan fingerprint density at radius 2 is 1.62 bits per heavy atom. The summed E-state index contributed by atoms with van der Waals surface area (Å²) < 4.78 is 6.42. The van der Waals surface area contributed by atoms with Crippen molar-refractivity contribution in [3.05, 3.63) is 100 Å². The third kappa shape index (κ3) is 9.56. The van der Waals surface area contributed by atoms with Gasteiger partial charge in [-0.3, -0.25) is 9.59 Å². The van der Waals surface area contributed by atoms with Crippen molar-refractivity contribution in [3.8, 4) is 5.75 Å². The summed E-state index contributed by atoms with van der Waals surface area (Å²) in [6, 6.07) is 24.9. The van der Waals surface area contributed by atoms with Crippen LogP contribution in [0.2, 0.25) is 0 Å². The molecular weight excluding hydrogens is 548 g/mol. The lowest BCUT2D eigenvalue weighted by Crippen LogP contribution is -2.54. The minimum absolute atomic E-state index is 0.0741. The van der Waals surface area contributed by atoms with Crippen LogP contribution >= 0.6 is 27.7 Å². The van der Waals surface area contributed by atoms with Crippen molar-refractivity contribution in [2.75, 3.05) is 12.9 Å². The van der Waals surface area contributed by atoms with Crippen LogP contribution in [0.5, 0.6) is 5.75 Å². The molecule has 3 aromatic rings. The molecule has 0 spiro atoms. The van der Waals surface area contributed by atoms with Gasteiger partial charge in [0, 0.05) is 28.7 Å². The molecule has 2 amide bonds. The molecular formula is C30H35BrN2O3S. The van der Waals surface area contributed by atoms with Crippen LogP contribution in [0.1, 0.15) is 37.5 Å². The number of nitrogens with zero attached hydrogens (tertiary/aromatic N) is 1. The second-order valence-corrected chi connectivity index (χ2v) is 11.8. The van der Waals surface area contributed by atoms with Gasteiger partial charge in [-0.1, -0.05) is 70.5 Å². The van der Waals surface area contributed by atoms with Gasteiger partial charge in [0.2, 0.25) is 11.8 Å². The number of methoxy groups -OCH3 is 1. The zero-order valence-corrected chi connectivity index (χ0v) is 24.3. The lowest BCUT2D eigenvalue weighted by atomic mass is 10.0. The summed E-state index contributed by atoms with van der Waals surface area (Å²) in [6.07, 6.45) is 0.426. The summed E-state index contributed by atoms with van der Waals surface area (Å²) >= 11 is 5.01. The fourth-order valence-corrected chi connectivity index (χ4v) is 5.03. The maximum absolute atomic E-state index is 13.7. The summed E-state index contributed by atoms with van der Waals surface area (Å²) in [7, 11) is 1.62. The second kappa shape index (κ2) is 13.7. The van der Waals surface area contributed by atoms with E-state index in [4.69, 9.17) is 4.74 Å². The molecule has 37 heavy (non-hydrogen) atoms. The van der Waals surface area contributed by atoms with Crippen LogP contribution in [0.4, 0.5) is 0 Å². The molecule has 7 heteroatoms. The predicted molar refractivity (Wildman–Crippen MR) is 156 cm³/mol. The Morgan fingerprint density at radius 3 is 2.27 bits per heavy atom. The Balaban J connectivity index is 1.88. The molecule has 0 bridgehead atoms. The maximum atomic E-state index is 13.7. The van der Waals surface area contributed by atoms with E-state index in [-0.39, 0.29) is 17.6 Å². The fourth-order valence-electron chi connectivity index (χ4n) is 3.89. The first kappa shape index (κ1) is 28.8. The fraction of sp³-hybridized carbons (Fsp3) is 0.333. The molecule has 0 aliphatic carbocycles. The number of hydrogen-bond donors (Lipinski definition) is 1. The number of rotatable bonds is 11. The van der Waals surface area contributed by atoms with Gasteiger partial charge < -0.3 is 15.0 Å². The molecule has 1 N–H and O–H groups in total. The number of halogens is 1. The van der Waals surface area contributed by atoms with Gasteiger partial charge in [0.25, 0.3) is 0 Å². The monoisotopic (exact) mass is 582 g/mol. The molecule has 0 heterocycles. The molecule has 0 aromatic heterocycles. The maximum Gasteiger partial charge on any atom is 0.243 e. The topological polar surface area (TPSA) is 58.6 Å². The van der Waals surface area contributed by atoms with Gasteiger partial charge in [-0.15, -0.1) is 11.8 Å². The van der Waals surface area contributed by atoms with E-state index in [1.165, 1.54) is 0 Å². The molecule has 1 unspecified atom stereocenters. The number of benzene rings is 3. The van der Waals surface area contributed by atoms with Gasteiger partial charge in [0.15, 0.2) is 0 Å². The van der Waals surface area contributed by atoms with Gasteiger partial charge in [-0.05, 0) is 61.7 Å². The highest BCUT2D eigenvalue weighted by atomic mass is 79.9. The van der Waals surface area contributed by atoms with E-state index in [9.17, 15) is 9.59 Å². The minimum atomic E-state index is -0.659. The first-order chi connectivity index (χ1) is 17.6. The zero-order chi connectivity index (χ0) is 26.8. The molecule has 0 fully saturated rings. The summed E-state index contributed by atoms with van der Waals surface area (Å²) in [5.41, 5.74) is 2.63. The van der Waals surface area contributed by atoms with Crippen LogP contribution in [-0.2, 0) is 28.3 Å². The van der Waals surface area contributed by atoms with Crippen molar-refractivity contribution in [1.29, 1.82) is 0 Å². The minimum Gasteiger partial charge on any atom is -0.497 e. The average Bonchev–Trinajstić information content (AvgIpc) is 2.87. The van der Waals surface area contributed by atoms with Crippen LogP contribution in [0, 0.1) is 0 Å². The van der Waals surface area contributed by atoms with Crippen molar-refractivity contribution >= 4 is 39.5 Å². The SMILES string of the molecule is COc1cccc(CN(C(=O)CSCc2ccc(Br)cc2)C(Cc2ccccc2)C(=O)NC(C)(C)C)c1. The van der Waals surface area contributed by atoms with Crippen molar-refractivity contribution < 1.29 is 14.3 Å². The van der Waals surface area contributed by atoms with Gasteiger partial charge in [0.1, 0.15) is 11.8 Å². The van der Waals surface area contributed by atoms with Crippen molar-refractivity contribution in [3.63, 3.8) is 0 Å². The number of nitrogens with one attached hydrogen (secondary N) is 1. The predicted octanol–water partition coefficient (Wildman–Crippen LogP) is 6.25. The Labute approximate surface area is 233 Å². The second-order valence-electron chi connectivity index (χ2n) is 9.94. The normalized spacial score (nSPS) is 12.0. The summed E-state index contributed by atoms with van der Waals surface area (Å²) in [5.74, 6) is 1.46. The quantitative estimate of drug-likeness (QED) is 0.290. The van der Waals surface area contributed by atoms with E-state index in [0.29, 0.717) is 24.5 Å². The highest BCUT2D eigenvalue weighted by Gasteiger charge is 2.32. The Bertz CT molecular complexity index is 1160. The summed E-state index contributed by atoms with van der Waals surface area (Å²) in [6.45, 7) is 6.16. The van der Waals surface area contributed by atoms with Gasteiger partial charge in [0.05, 0.1) is 12.9 Å². The van der Waals surface area contributed by atoms with Crippen LogP contribution in [0.15, 0.2) is 83.3 Å².